The minimum atomic E-state index is -4.48. The SMILES string of the molecule is CCCCN(C(=O)Cc1ccc(C(F)(F)F)cc1)c1c(N)n(Cc2ccccc2)c(=O)[nH]c1=O. The average molecular weight is 474 g/mol. The number of aromatic amines is 1. The van der Waals surface area contributed by atoms with Gasteiger partial charge in [0.15, 0.2) is 5.69 Å². The number of benzene rings is 2. The fourth-order valence-electron chi connectivity index (χ4n) is 3.52. The summed E-state index contributed by atoms with van der Waals surface area (Å²) in [5.74, 6) is -0.676. The van der Waals surface area contributed by atoms with Gasteiger partial charge in [0.1, 0.15) is 5.82 Å². The first-order valence-electron chi connectivity index (χ1n) is 10.7. The Morgan fingerprint density at radius 3 is 2.26 bits per heavy atom. The van der Waals surface area contributed by atoms with Gasteiger partial charge in [-0.25, -0.2) is 4.79 Å². The molecule has 0 unspecified atom stereocenters. The molecule has 2 aromatic carbocycles. The summed E-state index contributed by atoms with van der Waals surface area (Å²) in [6, 6.07) is 13.3. The first kappa shape index (κ1) is 24.8. The quantitative estimate of drug-likeness (QED) is 0.521. The Bertz CT molecular complexity index is 1250. The van der Waals surface area contributed by atoms with E-state index >= 15 is 0 Å². The van der Waals surface area contributed by atoms with E-state index in [2.05, 4.69) is 4.98 Å². The van der Waals surface area contributed by atoms with E-state index in [4.69, 9.17) is 5.73 Å². The Morgan fingerprint density at radius 1 is 1.03 bits per heavy atom. The van der Waals surface area contributed by atoms with Gasteiger partial charge in [-0.15, -0.1) is 0 Å². The van der Waals surface area contributed by atoms with Crippen molar-refractivity contribution in [2.75, 3.05) is 17.2 Å². The summed E-state index contributed by atoms with van der Waals surface area (Å²) in [5.41, 5.74) is 4.87. The van der Waals surface area contributed by atoms with Gasteiger partial charge in [0, 0.05) is 6.54 Å². The third kappa shape index (κ3) is 5.75. The molecule has 0 saturated carbocycles. The zero-order chi connectivity index (χ0) is 24.9. The fourth-order valence-corrected chi connectivity index (χ4v) is 3.52. The highest BCUT2D eigenvalue weighted by Crippen LogP contribution is 2.29. The second-order valence-electron chi connectivity index (χ2n) is 7.84. The van der Waals surface area contributed by atoms with Crippen molar-refractivity contribution in [1.29, 1.82) is 0 Å². The fraction of sp³-hybridized carbons (Fsp3) is 0.292. The van der Waals surface area contributed by atoms with E-state index in [0.717, 1.165) is 17.7 Å². The van der Waals surface area contributed by atoms with E-state index < -0.39 is 28.9 Å². The number of nitrogen functional groups attached to an aromatic ring is 1. The van der Waals surface area contributed by atoms with Crippen LogP contribution < -0.4 is 21.9 Å². The van der Waals surface area contributed by atoms with Crippen LogP contribution in [0.4, 0.5) is 24.7 Å². The third-order valence-corrected chi connectivity index (χ3v) is 5.34. The smallest absolute Gasteiger partial charge is 0.383 e. The number of nitrogens with one attached hydrogen (secondary N) is 1. The van der Waals surface area contributed by atoms with Crippen LogP contribution in [0.2, 0.25) is 0 Å². The highest BCUT2D eigenvalue weighted by molar-refractivity contribution is 5.96. The maximum Gasteiger partial charge on any atom is 0.416 e. The molecule has 0 aliphatic rings. The van der Waals surface area contributed by atoms with Crippen molar-refractivity contribution in [1.82, 2.24) is 9.55 Å². The number of alkyl halides is 3. The van der Waals surface area contributed by atoms with Gasteiger partial charge in [-0.1, -0.05) is 55.8 Å². The van der Waals surface area contributed by atoms with E-state index in [-0.39, 0.29) is 31.0 Å². The van der Waals surface area contributed by atoms with Crippen molar-refractivity contribution in [2.24, 2.45) is 0 Å². The number of aromatic nitrogens is 2. The molecule has 3 N–H and O–H groups in total. The molecule has 0 atom stereocenters. The summed E-state index contributed by atoms with van der Waals surface area (Å²) in [4.78, 5) is 41.8. The second-order valence-corrected chi connectivity index (χ2v) is 7.84. The molecular weight excluding hydrogens is 449 g/mol. The van der Waals surface area contributed by atoms with Crippen molar-refractivity contribution < 1.29 is 18.0 Å². The predicted molar refractivity (Wildman–Crippen MR) is 124 cm³/mol. The van der Waals surface area contributed by atoms with E-state index in [0.29, 0.717) is 18.4 Å². The van der Waals surface area contributed by atoms with Gasteiger partial charge in [-0.2, -0.15) is 13.2 Å². The number of hydrogen-bond acceptors (Lipinski definition) is 4. The molecule has 0 radical (unpaired) electrons. The van der Waals surface area contributed by atoms with Gasteiger partial charge in [0.05, 0.1) is 18.5 Å². The lowest BCUT2D eigenvalue weighted by Crippen LogP contribution is -2.42. The van der Waals surface area contributed by atoms with Crippen molar-refractivity contribution >= 4 is 17.4 Å². The van der Waals surface area contributed by atoms with Crippen LogP contribution in [0.3, 0.4) is 0 Å². The van der Waals surface area contributed by atoms with Crippen LogP contribution in [-0.4, -0.2) is 22.0 Å². The average Bonchev–Trinajstić information content (AvgIpc) is 2.79. The van der Waals surface area contributed by atoms with Crippen LogP contribution in [0, 0.1) is 0 Å². The minimum Gasteiger partial charge on any atom is -0.383 e. The molecule has 180 valence electrons. The predicted octanol–water partition coefficient (Wildman–Crippen LogP) is 3.56. The Kier molecular flexibility index (Phi) is 7.60. The normalized spacial score (nSPS) is 11.4. The largest absolute Gasteiger partial charge is 0.416 e. The van der Waals surface area contributed by atoms with Crippen LogP contribution in [0.5, 0.6) is 0 Å². The number of carbonyl (C=O) groups is 1. The highest BCUT2D eigenvalue weighted by Gasteiger charge is 2.30. The number of unbranched alkanes of at least 4 members (excludes halogenated alkanes) is 1. The first-order chi connectivity index (χ1) is 16.1. The first-order valence-corrected chi connectivity index (χ1v) is 10.7. The molecule has 3 aromatic rings. The van der Waals surface area contributed by atoms with Gasteiger partial charge in [-0.3, -0.25) is 19.1 Å². The number of anilines is 2. The molecule has 0 aliphatic heterocycles. The molecular formula is C24H25F3N4O3. The van der Waals surface area contributed by atoms with E-state index in [1.165, 1.54) is 21.6 Å². The molecule has 34 heavy (non-hydrogen) atoms. The van der Waals surface area contributed by atoms with Crippen molar-refractivity contribution in [3.8, 4) is 0 Å². The third-order valence-electron chi connectivity index (χ3n) is 5.34. The van der Waals surface area contributed by atoms with Gasteiger partial charge >= 0.3 is 11.9 Å². The van der Waals surface area contributed by atoms with Gasteiger partial charge in [0.25, 0.3) is 5.56 Å². The summed E-state index contributed by atoms with van der Waals surface area (Å²) in [7, 11) is 0. The molecule has 7 nitrogen and oxygen atoms in total. The molecule has 3 rings (SSSR count). The Morgan fingerprint density at radius 2 is 1.68 bits per heavy atom. The van der Waals surface area contributed by atoms with Crippen LogP contribution in [-0.2, 0) is 23.9 Å². The number of nitrogens with zero attached hydrogens (tertiary/aromatic N) is 2. The molecule has 1 heterocycles. The van der Waals surface area contributed by atoms with Crippen LogP contribution in [0.25, 0.3) is 0 Å². The maximum atomic E-state index is 13.2. The molecule has 0 spiro atoms. The number of amides is 1. The lowest BCUT2D eigenvalue weighted by molar-refractivity contribution is -0.137. The monoisotopic (exact) mass is 474 g/mol. The number of halogens is 3. The van der Waals surface area contributed by atoms with Gasteiger partial charge in [0.2, 0.25) is 5.91 Å². The zero-order valence-corrected chi connectivity index (χ0v) is 18.6. The molecule has 0 saturated heterocycles. The van der Waals surface area contributed by atoms with Crippen molar-refractivity contribution in [3.63, 3.8) is 0 Å². The molecule has 0 aliphatic carbocycles. The Hall–Kier alpha value is -3.82. The minimum absolute atomic E-state index is 0.0873. The van der Waals surface area contributed by atoms with Gasteiger partial charge in [-0.05, 0) is 29.7 Å². The number of nitrogens with two attached hydrogens (primary N) is 1. The van der Waals surface area contributed by atoms with Crippen molar-refractivity contribution in [3.05, 3.63) is 92.1 Å². The summed E-state index contributed by atoms with van der Waals surface area (Å²) in [6.07, 6.45) is -3.45. The van der Waals surface area contributed by atoms with E-state index in [9.17, 15) is 27.6 Å². The summed E-state index contributed by atoms with van der Waals surface area (Å²) >= 11 is 0. The molecule has 1 amide bonds. The molecule has 0 bridgehead atoms. The van der Waals surface area contributed by atoms with Crippen LogP contribution in [0.1, 0.15) is 36.5 Å². The lowest BCUT2D eigenvalue weighted by atomic mass is 10.1. The number of carbonyl (C=O) groups excluding carboxylic acids is 1. The van der Waals surface area contributed by atoms with Crippen LogP contribution >= 0.6 is 0 Å². The van der Waals surface area contributed by atoms with Crippen LogP contribution in [0.15, 0.2) is 64.2 Å². The molecule has 10 heteroatoms. The number of H-pyrrole nitrogens is 1. The summed E-state index contributed by atoms with van der Waals surface area (Å²) in [5, 5.41) is 0. The molecule has 1 aromatic heterocycles. The standard InChI is InChI=1S/C24H25F3N4O3/c1-2-3-13-30(19(32)14-16-9-11-18(12-10-16)24(25,26)27)20-21(28)31(23(34)29-22(20)33)15-17-7-5-4-6-8-17/h4-12H,2-3,13-15,28H2,1H3,(H,29,33,34). The number of rotatable bonds is 8. The summed E-state index contributed by atoms with van der Waals surface area (Å²) < 4.78 is 39.7. The zero-order valence-electron chi connectivity index (χ0n) is 18.6. The number of hydrogen-bond donors (Lipinski definition) is 2. The Balaban J connectivity index is 1.96. The molecule has 0 fully saturated rings. The van der Waals surface area contributed by atoms with E-state index in [1.807, 2.05) is 13.0 Å². The Labute approximate surface area is 193 Å². The maximum absolute atomic E-state index is 13.2. The van der Waals surface area contributed by atoms with Gasteiger partial charge < -0.3 is 10.6 Å². The summed E-state index contributed by atoms with van der Waals surface area (Å²) in [6.45, 7) is 2.15. The highest BCUT2D eigenvalue weighted by atomic mass is 19.4. The van der Waals surface area contributed by atoms with Crippen molar-refractivity contribution in [2.45, 2.75) is 38.9 Å². The van der Waals surface area contributed by atoms with E-state index in [1.54, 1.807) is 24.3 Å². The lowest BCUT2D eigenvalue weighted by Gasteiger charge is -2.24. The topological polar surface area (TPSA) is 101 Å². The second kappa shape index (κ2) is 10.4.